The maximum Gasteiger partial charge on any atom is 0.315 e. The van der Waals surface area contributed by atoms with Gasteiger partial charge in [-0.3, -0.25) is 0 Å². The van der Waals surface area contributed by atoms with Gasteiger partial charge in [0.2, 0.25) is 0 Å². The molecule has 2 amide bonds. The molecule has 1 fully saturated rings. The van der Waals surface area contributed by atoms with Crippen LogP contribution in [0.3, 0.4) is 0 Å². The lowest BCUT2D eigenvalue weighted by atomic mass is 9.96. The first-order chi connectivity index (χ1) is 6.62. The number of urea groups is 1. The second-order valence-corrected chi connectivity index (χ2v) is 4.28. The molecule has 1 aliphatic rings. The van der Waals surface area contributed by atoms with Crippen LogP contribution in [-0.2, 0) is 0 Å². The van der Waals surface area contributed by atoms with Gasteiger partial charge in [-0.1, -0.05) is 6.92 Å². The molecular weight excluding hydrogens is 178 g/mol. The van der Waals surface area contributed by atoms with E-state index in [1.807, 2.05) is 13.8 Å². The van der Waals surface area contributed by atoms with Crippen LogP contribution in [0.5, 0.6) is 0 Å². The summed E-state index contributed by atoms with van der Waals surface area (Å²) >= 11 is 0. The summed E-state index contributed by atoms with van der Waals surface area (Å²) in [6, 6.07) is -0.0910. The molecule has 0 heterocycles. The molecule has 4 nitrogen and oxygen atoms in total. The number of carbonyl (C=O) groups excluding carboxylic acids is 1. The highest BCUT2D eigenvalue weighted by Gasteiger charge is 2.41. The Kier molecular flexibility index (Phi) is 3.75. The Morgan fingerprint density at radius 2 is 2.21 bits per heavy atom. The van der Waals surface area contributed by atoms with Crippen LogP contribution >= 0.6 is 0 Å². The van der Waals surface area contributed by atoms with E-state index in [9.17, 15) is 4.79 Å². The molecule has 0 aromatic carbocycles. The average molecular weight is 199 g/mol. The first-order valence-corrected chi connectivity index (χ1v) is 5.38. The highest BCUT2D eigenvalue weighted by atomic mass is 16.2. The fraction of sp³-hybridized carbons (Fsp3) is 0.900. The van der Waals surface area contributed by atoms with Crippen molar-refractivity contribution in [3.63, 3.8) is 0 Å². The number of rotatable bonds is 5. The minimum absolute atomic E-state index is 0.0910. The van der Waals surface area contributed by atoms with Gasteiger partial charge in [0.15, 0.2) is 0 Å². The van der Waals surface area contributed by atoms with Gasteiger partial charge in [-0.2, -0.15) is 0 Å². The maximum atomic E-state index is 11.4. The Morgan fingerprint density at radius 3 is 2.64 bits per heavy atom. The van der Waals surface area contributed by atoms with Crippen LogP contribution in [0.1, 0.15) is 33.1 Å². The maximum absolute atomic E-state index is 11.4. The minimum atomic E-state index is -0.210. The Bertz CT molecular complexity index is 204. The van der Waals surface area contributed by atoms with E-state index in [1.165, 1.54) is 12.8 Å². The number of carbonyl (C=O) groups is 1. The molecule has 0 saturated heterocycles. The Morgan fingerprint density at radius 1 is 1.57 bits per heavy atom. The molecule has 0 aromatic rings. The van der Waals surface area contributed by atoms with Crippen LogP contribution in [-0.4, -0.2) is 24.7 Å². The summed E-state index contributed by atoms with van der Waals surface area (Å²) in [5, 5.41) is 5.76. The molecule has 0 aliphatic heterocycles. The van der Waals surface area contributed by atoms with Gasteiger partial charge in [0.05, 0.1) is 5.54 Å². The van der Waals surface area contributed by atoms with Crippen molar-refractivity contribution in [2.75, 3.05) is 13.1 Å². The lowest BCUT2D eigenvalue weighted by molar-refractivity contribution is 0.223. The lowest BCUT2D eigenvalue weighted by Crippen LogP contribution is -2.56. The van der Waals surface area contributed by atoms with E-state index in [2.05, 4.69) is 10.6 Å². The van der Waals surface area contributed by atoms with Crippen LogP contribution in [0.2, 0.25) is 0 Å². The molecule has 1 rings (SSSR count). The summed E-state index contributed by atoms with van der Waals surface area (Å²) in [7, 11) is 0. The molecule has 0 aromatic heterocycles. The van der Waals surface area contributed by atoms with Gasteiger partial charge in [0.25, 0.3) is 0 Å². The smallest absolute Gasteiger partial charge is 0.315 e. The average Bonchev–Trinajstić information content (AvgIpc) is 2.97. The van der Waals surface area contributed by atoms with Gasteiger partial charge >= 0.3 is 6.03 Å². The number of amides is 2. The summed E-state index contributed by atoms with van der Waals surface area (Å²) in [4.78, 5) is 11.4. The van der Waals surface area contributed by atoms with Gasteiger partial charge in [-0.05, 0) is 32.1 Å². The fourth-order valence-corrected chi connectivity index (χ4v) is 1.58. The van der Waals surface area contributed by atoms with E-state index >= 15 is 0 Å². The standard InChI is InChI=1S/C10H21N3O/c1-3-6-12-9(14)13-10(2,7-11)8-4-5-8/h8H,3-7,11H2,1-2H3,(H2,12,13,14). The molecular formula is C10H21N3O. The summed E-state index contributed by atoms with van der Waals surface area (Å²) in [5.41, 5.74) is 5.47. The van der Waals surface area contributed by atoms with Gasteiger partial charge in [-0.25, -0.2) is 4.79 Å². The van der Waals surface area contributed by atoms with E-state index in [-0.39, 0.29) is 11.6 Å². The normalized spacial score (nSPS) is 19.9. The first kappa shape index (κ1) is 11.3. The molecule has 14 heavy (non-hydrogen) atoms. The molecule has 1 saturated carbocycles. The number of hydrogen-bond acceptors (Lipinski definition) is 2. The minimum Gasteiger partial charge on any atom is -0.338 e. The topological polar surface area (TPSA) is 67.2 Å². The van der Waals surface area contributed by atoms with Crippen molar-refractivity contribution in [1.82, 2.24) is 10.6 Å². The Labute approximate surface area is 85.6 Å². The van der Waals surface area contributed by atoms with Crippen molar-refractivity contribution in [3.8, 4) is 0 Å². The van der Waals surface area contributed by atoms with Gasteiger partial charge in [-0.15, -0.1) is 0 Å². The number of nitrogens with two attached hydrogens (primary N) is 1. The summed E-state index contributed by atoms with van der Waals surface area (Å²) in [6.45, 7) is 5.29. The van der Waals surface area contributed by atoms with E-state index in [1.54, 1.807) is 0 Å². The first-order valence-electron chi connectivity index (χ1n) is 5.38. The molecule has 1 aliphatic carbocycles. The zero-order valence-corrected chi connectivity index (χ0v) is 9.10. The molecule has 82 valence electrons. The largest absolute Gasteiger partial charge is 0.338 e. The Balaban J connectivity index is 2.35. The molecule has 0 spiro atoms. The van der Waals surface area contributed by atoms with E-state index in [0.717, 1.165) is 13.0 Å². The van der Waals surface area contributed by atoms with Crippen LogP contribution < -0.4 is 16.4 Å². The van der Waals surface area contributed by atoms with E-state index in [4.69, 9.17) is 5.73 Å². The third-order valence-electron chi connectivity index (χ3n) is 2.84. The van der Waals surface area contributed by atoms with Crippen LogP contribution in [0.25, 0.3) is 0 Å². The highest BCUT2D eigenvalue weighted by molar-refractivity contribution is 5.74. The van der Waals surface area contributed by atoms with Gasteiger partial charge < -0.3 is 16.4 Å². The predicted octanol–water partition coefficient (Wildman–Crippen LogP) is 0.823. The highest BCUT2D eigenvalue weighted by Crippen LogP contribution is 2.38. The van der Waals surface area contributed by atoms with Crippen molar-refractivity contribution in [3.05, 3.63) is 0 Å². The van der Waals surface area contributed by atoms with Crippen molar-refractivity contribution in [2.24, 2.45) is 11.7 Å². The van der Waals surface area contributed by atoms with Crippen LogP contribution in [0, 0.1) is 5.92 Å². The van der Waals surface area contributed by atoms with Crippen molar-refractivity contribution in [2.45, 2.75) is 38.6 Å². The number of hydrogen-bond donors (Lipinski definition) is 3. The zero-order valence-electron chi connectivity index (χ0n) is 9.10. The van der Waals surface area contributed by atoms with Crippen molar-refractivity contribution >= 4 is 6.03 Å². The third-order valence-corrected chi connectivity index (χ3v) is 2.84. The molecule has 0 bridgehead atoms. The summed E-state index contributed by atoms with van der Waals surface area (Å²) < 4.78 is 0. The fourth-order valence-electron chi connectivity index (χ4n) is 1.58. The quantitative estimate of drug-likeness (QED) is 0.613. The lowest BCUT2D eigenvalue weighted by Gasteiger charge is -2.29. The van der Waals surface area contributed by atoms with Crippen molar-refractivity contribution in [1.29, 1.82) is 0 Å². The summed E-state index contributed by atoms with van der Waals surface area (Å²) in [6.07, 6.45) is 3.32. The SMILES string of the molecule is CCCNC(=O)NC(C)(CN)C1CC1. The monoisotopic (exact) mass is 199 g/mol. The number of nitrogens with one attached hydrogen (secondary N) is 2. The molecule has 0 radical (unpaired) electrons. The molecule has 1 atom stereocenters. The third kappa shape index (κ3) is 2.87. The molecule has 4 heteroatoms. The Hall–Kier alpha value is -0.770. The predicted molar refractivity (Wildman–Crippen MR) is 57.0 cm³/mol. The van der Waals surface area contributed by atoms with Crippen molar-refractivity contribution < 1.29 is 4.79 Å². The van der Waals surface area contributed by atoms with Crippen LogP contribution in [0.15, 0.2) is 0 Å². The van der Waals surface area contributed by atoms with Crippen LogP contribution in [0.4, 0.5) is 4.79 Å². The molecule has 1 unspecified atom stereocenters. The molecule has 4 N–H and O–H groups in total. The second kappa shape index (κ2) is 4.64. The van der Waals surface area contributed by atoms with Gasteiger partial charge in [0, 0.05) is 13.1 Å². The van der Waals surface area contributed by atoms with E-state index < -0.39 is 0 Å². The van der Waals surface area contributed by atoms with E-state index in [0.29, 0.717) is 12.5 Å². The summed E-state index contributed by atoms with van der Waals surface area (Å²) in [5.74, 6) is 0.569. The second-order valence-electron chi connectivity index (χ2n) is 4.28. The van der Waals surface area contributed by atoms with Gasteiger partial charge in [0.1, 0.15) is 0 Å². The zero-order chi connectivity index (χ0) is 10.6.